The second-order valence-electron chi connectivity index (χ2n) is 23.9. The summed E-state index contributed by atoms with van der Waals surface area (Å²) in [6.45, 7) is 6.84. The van der Waals surface area contributed by atoms with Crippen LogP contribution in [-0.2, 0) is 19.6 Å². The maximum absolute atomic E-state index is 15.1. The number of aromatic nitrogens is 6. The van der Waals surface area contributed by atoms with Crippen molar-refractivity contribution in [2.75, 3.05) is 23.8 Å². The fourth-order valence-corrected chi connectivity index (χ4v) is 11.8. The predicted octanol–water partition coefficient (Wildman–Crippen LogP) is 9.89. The van der Waals surface area contributed by atoms with Gasteiger partial charge in [0.2, 0.25) is 0 Å². The van der Waals surface area contributed by atoms with Gasteiger partial charge in [0.1, 0.15) is 80.3 Å². The number of nitrogens with two attached hydrogens (primary N) is 6. The lowest BCUT2D eigenvalue weighted by atomic mass is 10.0. The van der Waals surface area contributed by atoms with Crippen molar-refractivity contribution in [1.29, 1.82) is 0 Å². The Labute approximate surface area is 554 Å². The zero-order valence-corrected chi connectivity index (χ0v) is 53.6. The number of benzene rings is 6. The van der Waals surface area contributed by atoms with E-state index >= 15 is 8.78 Å². The van der Waals surface area contributed by atoms with Gasteiger partial charge in [-0.25, -0.2) is 36.0 Å². The van der Waals surface area contributed by atoms with E-state index in [1.807, 2.05) is 37.3 Å². The SMILES string of the molecule is Cc1ccc(F)cc1C(=O)NCc1cc(F)c(-c2nn(C3CCCC3)c(N)c2C(N)=O)cc1F.Cc1ccc(F)cc1C(=O)NCc1ccc(-c2nn(C3CCCC3)c(N)c2C(N)=O)c(F)c1.Cc1ccccc1C(=O)NCc1ccc(-c2nn(C(C)CO)c(N)c2C(N)=O)cc1. The largest absolute Gasteiger partial charge is 0.394 e. The molecule has 1 unspecified atom stereocenters. The number of aryl methyl sites for hydroxylation is 3. The standard InChI is InChI=1S/C24H24F3N5O2.C24H25F2N5O2.C22H25N5O3/c1-12-6-7-14(25)9-16(12)24(34)30-11-13-8-19(27)17(10-18(13)26)21-20(23(29)33)22(28)32(31-21)15-4-2-3-5-15;1-13-6-8-15(25)11-18(13)24(33)29-12-14-7-9-17(19(26)10-14)21-20(23(28)32)22(27)31(30-21)16-4-2-3-5-16;1-13-5-3-4-6-17(13)22(30)25-11-15-7-9-16(10-8-15)19-18(21(24)29)20(23)27(26-19)14(2)12-28/h6-10,15H,2-5,11,28H2,1H3,(H2,29,33)(H,30,34);6-11,16H,2-5,12,27H2,1H3,(H2,28,32)(H,29,33);3-10,14,28H,11-12,23H2,1-2H3,(H2,24,29)(H,25,30). The van der Waals surface area contributed by atoms with Gasteiger partial charge in [-0.2, -0.15) is 15.3 Å². The minimum Gasteiger partial charge on any atom is -0.394 e. The van der Waals surface area contributed by atoms with E-state index in [2.05, 4.69) is 31.2 Å². The molecule has 0 aliphatic heterocycles. The summed E-state index contributed by atoms with van der Waals surface area (Å²) < 4.78 is 76.4. The molecule has 3 heterocycles. The van der Waals surface area contributed by atoms with Gasteiger partial charge in [-0.3, -0.25) is 28.8 Å². The first-order valence-electron chi connectivity index (χ1n) is 31.2. The Morgan fingerprint density at radius 2 is 0.938 bits per heavy atom. The third-order valence-corrected chi connectivity index (χ3v) is 17.1. The monoisotopic (exact) mass is 1330 g/mol. The number of nitrogen functional groups attached to an aromatic ring is 3. The average Bonchev–Trinajstić information content (AvgIpc) is 1.65. The highest BCUT2D eigenvalue weighted by Crippen LogP contribution is 2.39. The summed E-state index contributed by atoms with van der Waals surface area (Å²) in [5.74, 6) is -6.68. The van der Waals surface area contributed by atoms with Crippen LogP contribution in [0.3, 0.4) is 0 Å². The van der Waals surface area contributed by atoms with Crippen molar-refractivity contribution >= 4 is 52.9 Å². The first kappa shape index (κ1) is 70.1. The Kier molecular flexibility index (Phi) is 22.0. The molecular weight excluding hydrogens is 1260 g/mol. The van der Waals surface area contributed by atoms with Gasteiger partial charge in [-0.05, 0) is 136 Å². The van der Waals surface area contributed by atoms with Crippen molar-refractivity contribution in [1.82, 2.24) is 45.3 Å². The fourth-order valence-electron chi connectivity index (χ4n) is 11.8. The highest BCUT2D eigenvalue weighted by Gasteiger charge is 2.31. The normalized spacial score (nSPS) is 13.3. The first-order chi connectivity index (χ1) is 46.3. The molecule has 6 aromatic carbocycles. The first-order valence-corrected chi connectivity index (χ1v) is 31.2. The fraction of sp³-hybridized carbons (Fsp3) is 0.271. The van der Waals surface area contributed by atoms with Crippen LogP contribution in [0.25, 0.3) is 33.8 Å². The molecule has 22 nitrogen and oxygen atoms in total. The molecule has 0 spiro atoms. The zero-order chi connectivity index (χ0) is 70.1. The molecule has 97 heavy (non-hydrogen) atoms. The summed E-state index contributed by atoms with van der Waals surface area (Å²) in [6.07, 6.45) is 7.41. The molecule has 0 saturated heterocycles. The smallest absolute Gasteiger partial charge is 0.254 e. The molecule has 2 fully saturated rings. The number of halogens is 5. The zero-order valence-electron chi connectivity index (χ0n) is 53.6. The molecule has 2 aliphatic carbocycles. The van der Waals surface area contributed by atoms with Crippen molar-refractivity contribution in [2.45, 2.75) is 117 Å². The van der Waals surface area contributed by atoms with Crippen molar-refractivity contribution in [2.24, 2.45) is 17.2 Å². The van der Waals surface area contributed by atoms with E-state index in [0.29, 0.717) is 40.1 Å². The molecule has 16 N–H and O–H groups in total. The summed E-state index contributed by atoms with van der Waals surface area (Å²) in [5, 5.41) is 30.6. The maximum atomic E-state index is 15.1. The summed E-state index contributed by atoms with van der Waals surface area (Å²) in [4.78, 5) is 73.2. The molecule has 1 atom stereocenters. The predicted molar refractivity (Wildman–Crippen MR) is 355 cm³/mol. The number of primary amides is 3. The third kappa shape index (κ3) is 15.8. The number of anilines is 3. The Balaban J connectivity index is 0.000000171. The number of aliphatic hydroxyl groups excluding tert-OH is 1. The number of rotatable bonds is 19. The molecule has 3 aromatic heterocycles. The Bertz CT molecular complexity index is 4480. The van der Waals surface area contributed by atoms with Crippen LogP contribution in [0.4, 0.5) is 39.4 Å². The van der Waals surface area contributed by atoms with E-state index in [9.17, 15) is 47.0 Å². The quantitative estimate of drug-likeness (QED) is 0.0337. The van der Waals surface area contributed by atoms with E-state index in [-0.39, 0.29) is 111 Å². The van der Waals surface area contributed by atoms with Crippen molar-refractivity contribution in [3.63, 3.8) is 0 Å². The van der Waals surface area contributed by atoms with E-state index < -0.39 is 64.7 Å². The van der Waals surface area contributed by atoms with Gasteiger partial charge in [-0.1, -0.05) is 86.3 Å². The Morgan fingerprint density at radius 1 is 0.495 bits per heavy atom. The van der Waals surface area contributed by atoms with Gasteiger partial charge < -0.3 is 55.5 Å². The topological polar surface area (TPSA) is 368 Å². The molecule has 9 aromatic rings. The number of amides is 6. The number of carbonyl (C=O) groups excluding carboxylic acids is 6. The van der Waals surface area contributed by atoms with Crippen LogP contribution >= 0.6 is 0 Å². The summed E-state index contributed by atoms with van der Waals surface area (Å²) in [7, 11) is 0. The van der Waals surface area contributed by atoms with E-state index in [4.69, 9.17) is 34.4 Å². The number of nitrogens with one attached hydrogen (secondary N) is 3. The van der Waals surface area contributed by atoms with Crippen molar-refractivity contribution < 1.29 is 55.8 Å². The van der Waals surface area contributed by atoms with Crippen LogP contribution in [0, 0.1) is 49.9 Å². The highest BCUT2D eigenvalue weighted by molar-refractivity contribution is 6.05. The lowest BCUT2D eigenvalue weighted by Crippen LogP contribution is -2.24. The van der Waals surface area contributed by atoms with Crippen molar-refractivity contribution in [3.05, 3.63) is 211 Å². The molecule has 6 amide bonds. The van der Waals surface area contributed by atoms with Crippen LogP contribution in [0.15, 0.2) is 115 Å². The molecular formula is C70H74F5N15O7. The molecule has 11 rings (SSSR count). The van der Waals surface area contributed by atoms with E-state index in [0.717, 1.165) is 86.8 Å². The number of carbonyl (C=O) groups is 6. The molecule has 0 bridgehead atoms. The second kappa shape index (κ2) is 30.5. The molecule has 27 heteroatoms. The van der Waals surface area contributed by atoms with Gasteiger partial charge in [0.15, 0.2) is 0 Å². The Hall–Kier alpha value is -11.2. The average molecular weight is 1330 g/mol. The number of hydrogen-bond acceptors (Lipinski definition) is 13. The maximum Gasteiger partial charge on any atom is 0.254 e. The summed E-state index contributed by atoms with van der Waals surface area (Å²) in [5.41, 5.74) is 39.9. The minimum absolute atomic E-state index is 0.00318. The lowest BCUT2D eigenvalue weighted by molar-refractivity contribution is 0.0941. The van der Waals surface area contributed by atoms with Crippen LogP contribution < -0.4 is 50.4 Å². The minimum atomic E-state index is -0.890. The lowest BCUT2D eigenvalue weighted by Gasteiger charge is -2.11. The van der Waals surface area contributed by atoms with Crippen molar-refractivity contribution in [3.8, 4) is 33.8 Å². The van der Waals surface area contributed by atoms with Gasteiger partial charge >= 0.3 is 0 Å². The molecule has 2 saturated carbocycles. The number of hydrogen-bond donors (Lipinski definition) is 10. The molecule has 506 valence electrons. The van der Waals surface area contributed by atoms with Gasteiger partial charge in [0, 0.05) is 58.6 Å². The highest BCUT2D eigenvalue weighted by atomic mass is 19.1. The van der Waals surface area contributed by atoms with Crippen LogP contribution in [-0.4, -0.2) is 76.5 Å². The van der Waals surface area contributed by atoms with Gasteiger partial charge in [0.25, 0.3) is 35.4 Å². The van der Waals surface area contributed by atoms with Crippen LogP contribution in [0.5, 0.6) is 0 Å². The summed E-state index contributed by atoms with van der Waals surface area (Å²) >= 11 is 0. The van der Waals surface area contributed by atoms with Crippen LogP contribution in [0.1, 0.15) is 172 Å². The molecule has 2 aliphatic rings. The van der Waals surface area contributed by atoms with Gasteiger partial charge in [0.05, 0.1) is 24.7 Å². The number of nitrogens with zero attached hydrogens (tertiary/aromatic N) is 6. The second-order valence-corrected chi connectivity index (χ2v) is 23.9. The Morgan fingerprint density at radius 3 is 1.43 bits per heavy atom. The summed E-state index contributed by atoms with van der Waals surface area (Å²) in [6, 6.07) is 28.1. The van der Waals surface area contributed by atoms with Gasteiger partial charge in [-0.15, -0.1) is 0 Å². The van der Waals surface area contributed by atoms with E-state index in [1.54, 1.807) is 49.7 Å². The third-order valence-electron chi connectivity index (χ3n) is 17.1. The number of aliphatic hydroxyl groups is 1. The van der Waals surface area contributed by atoms with Crippen LogP contribution in [0.2, 0.25) is 0 Å². The van der Waals surface area contributed by atoms with E-state index in [1.165, 1.54) is 45.8 Å². The molecule has 0 radical (unpaired) electrons.